The summed E-state index contributed by atoms with van der Waals surface area (Å²) in [6.07, 6.45) is 2.10. The van der Waals surface area contributed by atoms with E-state index in [4.69, 9.17) is 5.73 Å². The van der Waals surface area contributed by atoms with Crippen LogP contribution in [-0.2, 0) is 0 Å². The predicted octanol–water partition coefficient (Wildman–Crippen LogP) is -0.163. The predicted molar refractivity (Wildman–Crippen MR) is 45.3 cm³/mol. The van der Waals surface area contributed by atoms with Gasteiger partial charge in [0.15, 0.2) is 0 Å². The van der Waals surface area contributed by atoms with Gasteiger partial charge in [0.05, 0.1) is 5.60 Å². The Bertz CT molecular complexity index is 125. The molecule has 0 aromatic carbocycles. The van der Waals surface area contributed by atoms with Crippen LogP contribution in [0, 0.1) is 0 Å². The summed E-state index contributed by atoms with van der Waals surface area (Å²) >= 11 is 0. The molecule has 11 heavy (non-hydrogen) atoms. The van der Waals surface area contributed by atoms with E-state index in [1.807, 2.05) is 0 Å². The zero-order valence-electron chi connectivity index (χ0n) is 7.30. The van der Waals surface area contributed by atoms with Crippen LogP contribution in [0.1, 0.15) is 26.7 Å². The zero-order valence-corrected chi connectivity index (χ0v) is 7.30. The van der Waals surface area contributed by atoms with E-state index in [0.717, 1.165) is 12.8 Å². The molecule has 3 heteroatoms. The second-order valence-corrected chi connectivity index (χ2v) is 4.12. The fraction of sp³-hybridized carbons (Fsp3) is 1.00. The van der Waals surface area contributed by atoms with Gasteiger partial charge >= 0.3 is 0 Å². The number of nitrogens with two attached hydrogens (primary N) is 1. The molecular weight excluding hydrogens is 140 g/mol. The van der Waals surface area contributed by atoms with Gasteiger partial charge in [0.25, 0.3) is 0 Å². The highest BCUT2D eigenvalue weighted by Gasteiger charge is 2.26. The van der Waals surface area contributed by atoms with Gasteiger partial charge in [0.1, 0.15) is 0 Å². The molecule has 0 spiro atoms. The quantitative estimate of drug-likeness (QED) is 0.535. The maximum Gasteiger partial charge on any atom is 0.0715 e. The molecule has 1 aliphatic rings. The lowest BCUT2D eigenvalue weighted by molar-refractivity contribution is 0.0710. The van der Waals surface area contributed by atoms with Crippen molar-refractivity contribution in [3.05, 3.63) is 0 Å². The Hall–Kier alpha value is -0.120. The van der Waals surface area contributed by atoms with E-state index in [-0.39, 0.29) is 0 Å². The Balaban J connectivity index is 2.05. The lowest BCUT2D eigenvalue weighted by Gasteiger charge is -2.35. The van der Waals surface area contributed by atoms with Gasteiger partial charge in [-0.25, -0.2) is 0 Å². The molecule has 0 atom stereocenters. The highest BCUT2D eigenvalue weighted by Crippen LogP contribution is 2.17. The summed E-state index contributed by atoms with van der Waals surface area (Å²) in [6, 6.07) is 0.922. The minimum Gasteiger partial charge on any atom is -0.389 e. The first kappa shape index (κ1) is 8.97. The minimum absolute atomic E-state index is 0.384. The van der Waals surface area contributed by atoms with Gasteiger partial charge in [0.2, 0.25) is 0 Å². The summed E-state index contributed by atoms with van der Waals surface area (Å²) in [5, 5.41) is 12.6. The lowest BCUT2D eigenvalue weighted by Crippen LogP contribution is -2.51. The Morgan fingerprint density at radius 2 is 2.09 bits per heavy atom. The second-order valence-electron chi connectivity index (χ2n) is 4.12. The van der Waals surface area contributed by atoms with Gasteiger partial charge in [-0.2, -0.15) is 0 Å². The molecule has 0 unspecified atom stereocenters. The van der Waals surface area contributed by atoms with Crippen LogP contribution in [0.25, 0.3) is 0 Å². The third-order valence-corrected chi connectivity index (χ3v) is 2.00. The van der Waals surface area contributed by atoms with Gasteiger partial charge in [0, 0.05) is 18.6 Å². The van der Waals surface area contributed by atoms with Crippen molar-refractivity contribution in [2.45, 2.75) is 44.4 Å². The molecule has 0 radical (unpaired) electrons. The summed E-state index contributed by atoms with van der Waals surface area (Å²) in [7, 11) is 0. The largest absolute Gasteiger partial charge is 0.389 e. The topological polar surface area (TPSA) is 58.3 Å². The smallest absolute Gasteiger partial charge is 0.0715 e. The lowest BCUT2D eigenvalue weighted by atomic mass is 9.87. The van der Waals surface area contributed by atoms with Crippen LogP contribution < -0.4 is 11.1 Å². The molecular formula is C8H18N2O. The molecule has 0 saturated heterocycles. The molecule has 1 aliphatic carbocycles. The van der Waals surface area contributed by atoms with E-state index in [1.165, 1.54) is 0 Å². The van der Waals surface area contributed by atoms with E-state index < -0.39 is 5.60 Å². The molecule has 3 nitrogen and oxygen atoms in total. The van der Waals surface area contributed by atoms with Crippen molar-refractivity contribution in [2.24, 2.45) is 5.73 Å². The number of aliphatic hydroxyl groups is 1. The average Bonchev–Trinajstić information content (AvgIpc) is 1.75. The van der Waals surface area contributed by atoms with Crippen LogP contribution >= 0.6 is 0 Å². The monoisotopic (exact) mass is 158 g/mol. The van der Waals surface area contributed by atoms with Crippen LogP contribution in [0.3, 0.4) is 0 Å². The van der Waals surface area contributed by atoms with E-state index in [0.29, 0.717) is 18.6 Å². The molecule has 0 aromatic heterocycles. The van der Waals surface area contributed by atoms with E-state index in [1.54, 1.807) is 13.8 Å². The maximum absolute atomic E-state index is 9.36. The molecule has 1 fully saturated rings. The standard InChI is InChI=1S/C8H18N2O/c1-8(2,11)5-10-7-3-6(9)4-7/h6-7,10-11H,3-5,9H2,1-2H3. The van der Waals surface area contributed by atoms with Gasteiger partial charge in [-0.15, -0.1) is 0 Å². The van der Waals surface area contributed by atoms with Crippen LogP contribution in [0.4, 0.5) is 0 Å². The number of rotatable bonds is 3. The van der Waals surface area contributed by atoms with Gasteiger partial charge in [-0.1, -0.05) is 0 Å². The average molecular weight is 158 g/mol. The molecule has 0 aromatic rings. The molecule has 0 amide bonds. The van der Waals surface area contributed by atoms with E-state index in [9.17, 15) is 5.11 Å². The Morgan fingerprint density at radius 1 is 1.55 bits per heavy atom. The van der Waals surface area contributed by atoms with Crippen molar-refractivity contribution in [1.82, 2.24) is 5.32 Å². The molecule has 0 aliphatic heterocycles. The summed E-state index contributed by atoms with van der Waals surface area (Å²) in [4.78, 5) is 0. The zero-order chi connectivity index (χ0) is 8.48. The third kappa shape index (κ3) is 3.18. The van der Waals surface area contributed by atoms with Crippen LogP contribution in [0.15, 0.2) is 0 Å². The summed E-state index contributed by atoms with van der Waals surface area (Å²) in [6.45, 7) is 4.27. The Kier molecular flexibility index (Phi) is 2.52. The fourth-order valence-electron chi connectivity index (χ4n) is 1.22. The number of nitrogens with one attached hydrogen (secondary N) is 1. The first-order chi connectivity index (χ1) is 4.97. The molecule has 1 saturated carbocycles. The maximum atomic E-state index is 9.36. The van der Waals surface area contributed by atoms with Crippen LogP contribution in [0.2, 0.25) is 0 Å². The molecule has 66 valence electrons. The van der Waals surface area contributed by atoms with Gasteiger partial charge in [-0.3, -0.25) is 0 Å². The molecule has 0 bridgehead atoms. The van der Waals surface area contributed by atoms with Crippen molar-refractivity contribution in [3.63, 3.8) is 0 Å². The second kappa shape index (κ2) is 3.09. The summed E-state index contributed by atoms with van der Waals surface area (Å²) in [5.74, 6) is 0. The highest BCUT2D eigenvalue weighted by atomic mass is 16.3. The highest BCUT2D eigenvalue weighted by molar-refractivity contribution is 4.88. The normalized spacial score (nSPS) is 31.6. The van der Waals surface area contributed by atoms with E-state index >= 15 is 0 Å². The first-order valence-electron chi connectivity index (χ1n) is 4.19. The van der Waals surface area contributed by atoms with Crippen molar-refractivity contribution in [2.75, 3.05) is 6.54 Å². The van der Waals surface area contributed by atoms with Crippen molar-refractivity contribution in [3.8, 4) is 0 Å². The van der Waals surface area contributed by atoms with Crippen molar-refractivity contribution < 1.29 is 5.11 Å². The van der Waals surface area contributed by atoms with E-state index in [2.05, 4.69) is 5.32 Å². The van der Waals surface area contributed by atoms with Crippen molar-refractivity contribution >= 4 is 0 Å². The Labute approximate surface area is 68.0 Å². The fourth-order valence-corrected chi connectivity index (χ4v) is 1.22. The van der Waals surface area contributed by atoms with Gasteiger partial charge in [-0.05, 0) is 26.7 Å². The number of hydrogen-bond acceptors (Lipinski definition) is 3. The summed E-state index contributed by atoms with van der Waals surface area (Å²) < 4.78 is 0. The van der Waals surface area contributed by atoms with Crippen molar-refractivity contribution in [1.29, 1.82) is 0 Å². The number of hydrogen-bond donors (Lipinski definition) is 3. The van der Waals surface area contributed by atoms with Crippen LogP contribution in [0.5, 0.6) is 0 Å². The first-order valence-corrected chi connectivity index (χ1v) is 4.19. The minimum atomic E-state index is -0.598. The molecule has 1 rings (SSSR count). The Morgan fingerprint density at radius 3 is 2.45 bits per heavy atom. The summed E-state index contributed by atoms with van der Waals surface area (Å²) in [5.41, 5.74) is 5.01. The third-order valence-electron chi connectivity index (χ3n) is 2.00. The SMILES string of the molecule is CC(C)(O)CNC1CC(N)C1. The molecule has 4 N–H and O–H groups in total. The molecule has 0 heterocycles. The van der Waals surface area contributed by atoms with Crippen LogP contribution in [-0.4, -0.2) is 29.3 Å². The van der Waals surface area contributed by atoms with Gasteiger partial charge < -0.3 is 16.2 Å².